The Bertz CT molecular complexity index is 384. The maximum absolute atomic E-state index is 4.97. The summed E-state index contributed by atoms with van der Waals surface area (Å²) in [5.74, 6) is 2.64. The minimum atomic E-state index is 0.655. The smallest absolute Gasteiger partial charge is 0.109 e. The van der Waals surface area contributed by atoms with Crippen LogP contribution in [0.25, 0.3) is 0 Å². The van der Waals surface area contributed by atoms with Crippen molar-refractivity contribution >= 4 is 0 Å². The molecule has 3 rings (SSSR count). The summed E-state index contributed by atoms with van der Waals surface area (Å²) in [6, 6.07) is 0. The van der Waals surface area contributed by atoms with Crippen LogP contribution in [0.1, 0.15) is 74.0 Å². The molecular weight excluding hydrogens is 222 g/mol. The van der Waals surface area contributed by atoms with Gasteiger partial charge >= 0.3 is 0 Å². The van der Waals surface area contributed by atoms with Gasteiger partial charge in [0.05, 0.1) is 5.69 Å². The average molecular weight is 247 g/mol. The van der Waals surface area contributed by atoms with Gasteiger partial charge in [-0.05, 0) is 45.7 Å². The largest absolute Gasteiger partial charge is 0.346 e. The molecule has 1 aliphatic carbocycles. The SMILES string of the molecule is Cc1[nH]c(C2CCNCC2)nc1C1CCCCC1. The van der Waals surface area contributed by atoms with Crippen molar-refractivity contribution in [3.63, 3.8) is 0 Å². The summed E-state index contributed by atoms with van der Waals surface area (Å²) in [4.78, 5) is 8.55. The molecule has 2 heterocycles. The molecule has 1 aromatic rings. The van der Waals surface area contributed by atoms with E-state index in [0.717, 1.165) is 19.0 Å². The van der Waals surface area contributed by atoms with Gasteiger partial charge in [-0.3, -0.25) is 0 Å². The van der Waals surface area contributed by atoms with Crippen molar-refractivity contribution < 1.29 is 0 Å². The molecule has 1 aliphatic heterocycles. The highest BCUT2D eigenvalue weighted by Gasteiger charge is 2.24. The van der Waals surface area contributed by atoms with Gasteiger partial charge in [-0.1, -0.05) is 19.3 Å². The fourth-order valence-corrected chi connectivity index (χ4v) is 3.56. The first-order chi connectivity index (χ1) is 8.84. The summed E-state index contributed by atoms with van der Waals surface area (Å²) in [6.45, 7) is 4.49. The minimum Gasteiger partial charge on any atom is -0.346 e. The van der Waals surface area contributed by atoms with Gasteiger partial charge in [0.15, 0.2) is 0 Å². The molecule has 0 aromatic carbocycles. The van der Waals surface area contributed by atoms with Crippen molar-refractivity contribution in [1.29, 1.82) is 0 Å². The van der Waals surface area contributed by atoms with Crippen LogP contribution >= 0.6 is 0 Å². The molecule has 0 spiro atoms. The van der Waals surface area contributed by atoms with Crippen molar-refractivity contribution in [2.75, 3.05) is 13.1 Å². The van der Waals surface area contributed by atoms with Crippen LogP contribution in [0.4, 0.5) is 0 Å². The highest BCUT2D eigenvalue weighted by Crippen LogP contribution is 2.34. The molecule has 3 heteroatoms. The van der Waals surface area contributed by atoms with Crippen LogP contribution in [0, 0.1) is 6.92 Å². The second-order valence-electron chi connectivity index (χ2n) is 5.99. The molecule has 2 fully saturated rings. The minimum absolute atomic E-state index is 0.655. The molecule has 1 aromatic heterocycles. The van der Waals surface area contributed by atoms with Crippen LogP contribution in [0.15, 0.2) is 0 Å². The third-order valence-corrected chi connectivity index (χ3v) is 4.66. The van der Waals surface area contributed by atoms with Crippen LogP contribution in [0.3, 0.4) is 0 Å². The number of hydrogen-bond donors (Lipinski definition) is 2. The molecule has 1 saturated heterocycles. The first-order valence-electron chi connectivity index (χ1n) is 7.61. The third kappa shape index (κ3) is 2.46. The van der Waals surface area contributed by atoms with Gasteiger partial charge in [-0.25, -0.2) is 4.98 Å². The highest BCUT2D eigenvalue weighted by molar-refractivity contribution is 5.20. The summed E-state index contributed by atoms with van der Waals surface area (Å²) in [5.41, 5.74) is 2.71. The first kappa shape index (κ1) is 12.2. The topological polar surface area (TPSA) is 40.7 Å². The lowest BCUT2D eigenvalue weighted by Crippen LogP contribution is -2.27. The van der Waals surface area contributed by atoms with E-state index in [4.69, 9.17) is 4.98 Å². The standard InChI is InChI=1S/C15H25N3/c1-11-14(12-5-3-2-4-6-12)18-15(17-11)13-7-9-16-10-8-13/h12-13,16H,2-10H2,1H3,(H,17,18). The number of nitrogens with one attached hydrogen (secondary N) is 2. The molecule has 0 unspecified atom stereocenters. The number of nitrogens with zero attached hydrogens (tertiary/aromatic N) is 1. The monoisotopic (exact) mass is 247 g/mol. The molecular formula is C15H25N3. The van der Waals surface area contributed by atoms with E-state index in [1.807, 2.05) is 0 Å². The van der Waals surface area contributed by atoms with E-state index in [0.29, 0.717) is 5.92 Å². The number of H-pyrrole nitrogens is 1. The molecule has 1 saturated carbocycles. The van der Waals surface area contributed by atoms with E-state index in [9.17, 15) is 0 Å². The Morgan fingerprint density at radius 2 is 1.67 bits per heavy atom. The van der Waals surface area contributed by atoms with E-state index in [-0.39, 0.29) is 0 Å². The first-order valence-corrected chi connectivity index (χ1v) is 7.61. The summed E-state index contributed by atoms with van der Waals surface area (Å²) in [6.07, 6.45) is 9.35. The zero-order chi connectivity index (χ0) is 12.4. The third-order valence-electron chi connectivity index (χ3n) is 4.66. The van der Waals surface area contributed by atoms with Crippen molar-refractivity contribution in [1.82, 2.24) is 15.3 Å². The molecule has 0 bridgehead atoms. The number of hydrogen-bond acceptors (Lipinski definition) is 2. The molecule has 2 N–H and O–H groups in total. The number of rotatable bonds is 2. The van der Waals surface area contributed by atoms with Crippen LogP contribution in [0.5, 0.6) is 0 Å². The van der Waals surface area contributed by atoms with Crippen molar-refractivity contribution in [2.24, 2.45) is 0 Å². The summed E-state index contributed by atoms with van der Waals surface area (Å²) >= 11 is 0. The highest BCUT2D eigenvalue weighted by atomic mass is 15.0. The molecule has 3 nitrogen and oxygen atoms in total. The average Bonchev–Trinajstić information content (AvgIpc) is 2.83. The predicted octanol–water partition coefficient (Wildman–Crippen LogP) is 3.23. The predicted molar refractivity (Wildman–Crippen MR) is 74.0 cm³/mol. The Labute approximate surface area is 110 Å². The van der Waals surface area contributed by atoms with Crippen LogP contribution in [-0.4, -0.2) is 23.1 Å². The van der Waals surface area contributed by atoms with E-state index in [1.54, 1.807) is 0 Å². The normalized spacial score (nSPS) is 23.4. The molecule has 0 amide bonds. The fourth-order valence-electron chi connectivity index (χ4n) is 3.56. The van der Waals surface area contributed by atoms with E-state index in [2.05, 4.69) is 17.2 Å². The zero-order valence-corrected chi connectivity index (χ0v) is 11.5. The summed E-state index contributed by atoms with van der Waals surface area (Å²) in [5, 5.41) is 3.43. The molecule has 2 aliphatic rings. The van der Waals surface area contributed by atoms with Gasteiger partial charge < -0.3 is 10.3 Å². The number of aromatic amines is 1. The lowest BCUT2D eigenvalue weighted by Gasteiger charge is -2.21. The molecule has 0 radical (unpaired) electrons. The maximum Gasteiger partial charge on any atom is 0.109 e. The van der Waals surface area contributed by atoms with Gasteiger partial charge in [0.1, 0.15) is 5.82 Å². The molecule has 18 heavy (non-hydrogen) atoms. The number of aryl methyl sites for hydroxylation is 1. The Balaban J connectivity index is 1.76. The van der Waals surface area contributed by atoms with Crippen molar-refractivity contribution in [3.05, 3.63) is 17.2 Å². The van der Waals surface area contributed by atoms with E-state index in [1.165, 1.54) is 62.2 Å². The second kappa shape index (κ2) is 5.43. The Morgan fingerprint density at radius 3 is 2.39 bits per heavy atom. The quantitative estimate of drug-likeness (QED) is 0.842. The van der Waals surface area contributed by atoms with Gasteiger partial charge in [-0.15, -0.1) is 0 Å². The van der Waals surface area contributed by atoms with Crippen LogP contribution < -0.4 is 5.32 Å². The van der Waals surface area contributed by atoms with Crippen molar-refractivity contribution in [2.45, 2.75) is 63.7 Å². The molecule has 0 atom stereocenters. The van der Waals surface area contributed by atoms with Gasteiger partial charge in [0.2, 0.25) is 0 Å². The maximum atomic E-state index is 4.97. The van der Waals surface area contributed by atoms with Crippen molar-refractivity contribution in [3.8, 4) is 0 Å². The van der Waals surface area contributed by atoms with E-state index >= 15 is 0 Å². The number of piperidine rings is 1. The van der Waals surface area contributed by atoms with Gasteiger partial charge in [0, 0.05) is 17.5 Å². The summed E-state index contributed by atoms with van der Waals surface area (Å²) < 4.78 is 0. The summed E-state index contributed by atoms with van der Waals surface area (Å²) in [7, 11) is 0. The number of imidazole rings is 1. The Kier molecular flexibility index (Phi) is 3.69. The second-order valence-corrected chi connectivity index (χ2v) is 5.99. The van der Waals surface area contributed by atoms with Crippen LogP contribution in [0.2, 0.25) is 0 Å². The lowest BCUT2D eigenvalue weighted by atomic mass is 9.86. The van der Waals surface area contributed by atoms with Gasteiger partial charge in [-0.2, -0.15) is 0 Å². The fraction of sp³-hybridized carbons (Fsp3) is 0.800. The molecule has 100 valence electrons. The Morgan fingerprint density at radius 1 is 0.944 bits per heavy atom. The number of aromatic nitrogens is 2. The van der Waals surface area contributed by atoms with Gasteiger partial charge in [0.25, 0.3) is 0 Å². The lowest BCUT2D eigenvalue weighted by molar-refractivity contribution is 0.430. The van der Waals surface area contributed by atoms with Crippen LogP contribution in [-0.2, 0) is 0 Å². The van der Waals surface area contributed by atoms with E-state index < -0.39 is 0 Å². The zero-order valence-electron chi connectivity index (χ0n) is 11.5. The Hall–Kier alpha value is -0.830.